The highest BCUT2D eigenvalue weighted by Gasteiger charge is 2.34. The molecule has 1 aliphatic rings. The van der Waals surface area contributed by atoms with Crippen molar-refractivity contribution in [1.82, 2.24) is 0 Å². The zero-order valence-corrected chi connectivity index (χ0v) is 14.3. The summed E-state index contributed by atoms with van der Waals surface area (Å²) in [6.07, 6.45) is 0.838. The average Bonchev–Trinajstić information content (AvgIpc) is 2.50. The van der Waals surface area contributed by atoms with E-state index in [1.165, 1.54) is 0 Å². The second-order valence-electron chi connectivity index (χ2n) is 5.48. The van der Waals surface area contributed by atoms with Crippen LogP contribution in [0, 0.1) is 0 Å². The maximum atomic E-state index is 11.4. The van der Waals surface area contributed by atoms with Crippen LogP contribution in [0.25, 0.3) is 0 Å². The molecule has 23 heavy (non-hydrogen) atoms. The van der Waals surface area contributed by atoms with Crippen molar-refractivity contribution in [3.8, 4) is 0 Å². The smallest absolute Gasteiger partial charge is 0.264 e. The standard InChI is InChI=1S/C16H24O6S/c1-3-20-16-10-9-14(22-23(2,17)18)15(21-16)12-19-11-13-7-5-4-6-8-13/h4-8,14-16H,3,9-12H2,1-2H3/t14-,15-,16+/m1/s1. The summed E-state index contributed by atoms with van der Waals surface area (Å²) >= 11 is 0. The van der Waals surface area contributed by atoms with Crippen molar-refractivity contribution < 1.29 is 26.8 Å². The number of hydrogen-bond donors (Lipinski definition) is 0. The molecule has 0 N–H and O–H groups in total. The third-order valence-corrected chi connectivity index (χ3v) is 4.07. The van der Waals surface area contributed by atoms with Gasteiger partial charge in [-0.3, -0.25) is 4.18 Å². The number of rotatable bonds is 8. The Morgan fingerprint density at radius 1 is 1.22 bits per heavy atom. The Labute approximate surface area is 137 Å². The SMILES string of the molecule is CCO[C@@H]1CC[C@@H](OS(C)(=O)=O)[C@@H](COCc2ccccc2)O1. The lowest BCUT2D eigenvalue weighted by Gasteiger charge is -2.35. The van der Waals surface area contributed by atoms with Gasteiger partial charge in [-0.15, -0.1) is 0 Å². The molecule has 0 aromatic heterocycles. The van der Waals surface area contributed by atoms with Crippen molar-refractivity contribution >= 4 is 10.1 Å². The van der Waals surface area contributed by atoms with Crippen LogP contribution in [0.4, 0.5) is 0 Å². The lowest BCUT2D eigenvalue weighted by Crippen LogP contribution is -2.44. The van der Waals surface area contributed by atoms with Crippen LogP contribution in [0.3, 0.4) is 0 Å². The largest absolute Gasteiger partial charge is 0.374 e. The van der Waals surface area contributed by atoms with Crippen LogP contribution < -0.4 is 0 Å². The zero-order valence-electron chi connectivity index (χ0n) is 13.5. The van der Waals surface area contributed by atoms with Crippen molar-refractivity contribution in [2.75, 3.05) is 19.5 Å². The minimum Gasteiger partial charge on any atom is -0.374 e. The summed E-state index contributed by atoms with van der Waals surface area (Å²) in [5, 5.41) is 0. The Kier molecular flexibility index (Phi) is 6.98. The second kappa shape index (κ2) is 8.75. The molecule has 0 bridgehead atoms. The molecule has 1 saturated heterocycles. The van der Waals surface area contributed by atoms with E-state index in [2.05, 4.69) is 0 Å². The number of hydrogen-bond acceptors (Lipinski definition) is 6. The van der Waals surface area contributed by atoms with Gasteiger partial charge in [-0.25, -0.2) is 0 Å². The summed E-state index contributed by atoms with van der Waals surface area (Å²) in [5.41, 5.74) is 1.05. The van der Waals surface area contributed by atoms with Gasteiger partial charge in [-0.1, -0.05) is 30.3 Å². The molecule has 2 rings (SSSR count). The molecule has 3 atom stereocenters. The molecule has 0 radical (unpaired) electrons. The molecule has 130 valence electrons. The number of ether oxygens (including phenoxy) is 3. The number of benzene rings is 1. The first-order valence-corrected chi connectivity index (χ1v) is 9.56. The maximum absolute atomic E-state index is 11.4. The van der Waals surface area contributed by atoms with Crippen molar-refractivity contribution in [1.29, 1.82) is 0 Å². The van der Waals surface area contributed by atoms with Crippen LogP contribution in [0.2, 0.25) is 0 Å². The molecule has 0 spiro atoms. The van der Waals surface area contributed by atoms with E-state index in [1.54, 1.807) is 0 Å². The predicted octanol–water partition coefficient (Wildman–Crippen LogP) is 2.09. The average molecular weight is 344 g/mol. The highest BCUT2D eigenvalue weighted by Crippen LogP contribution is 2.24. The fourth-order valence-electron chi connectivity index (χ4n) is 2.49. The molecule has 0 aliphatic carbocycles. The van der Waals surface area contributed by atoms with E-state index in [4.69, 9.17) is 18.4 Å². The predicted molar refractivity (Wildman–Crippen MR) is 85.3 cm³/mol. The molecule has 1 heterocycles. The van der Waals surface area contributed by atoms with Crippen molar-refractivity contribution in [2.45, 2.75) is 44.9 Å². The van der Waals surface area contributed by atoms with E-state index in [0.29, 0.717) is 26.1 Å². The quantitative estimate of drug-likeness (QED) is 0.673. The molecule has 7 heteroatoms. The van der Waals surface area contributed by atoms with Gasteiger partial charge in [-0.2, -0.15) is 8.42 Å². The Morgan fingerprint density at radius 3 is 2.61 bits per heavy atom. The van der Waals surface area contributed by atoms with Crippen molar-refractivity contribution in [3.63, 3.8) is 0 Å². The van der Waals surface area contributed by atoms with Gasteiger partial charge in [0.25, 0.3) is 10.1 Å². The molecule has 0 saturated carbocycles. The van der Waals surface area contributed by atoms with E-state index >= 15 is 0 Å². The third kappa shape index (κ3) is 6.56. The monoisotopic (exact) mass is 344 g/mol. The van der Waals surface area contributed by atoms with Gasteiger partial charge in [0.2, 0.25) is 0 Å². The van der Waals surface area contributed by atoms with Crippen LogP contribution in [0.15, 0.2) is 30.3 Å². The summed E-state index contributed by atoms with van der Waals surface area (Å²) in [5.74, 6) is 0. The molecular weight excluding hydrogens is 320 g/mol. The van der Waals surface area contributed by atoms with Gasteiger partial charge >= 0.3 is 0 Å². The minimum absolute atomic E-state index is 0.249. The summed E-state index contributed by atoms with van der Waals surface area (Å²) in [7, 11) is -3.54. The highest BCUT2D eigenvalue weighted by molar-refractivity contribution is 7.86. The summed E-state index contributed by atoms with van der Waals surface area (Å²) in [4.78, 5) is 0. The van der Waals surface area contributed by atoms with Crippen LogP contribution in [-0.2, 0) is 35.1 Å². The normalized spacial score (nSPS) is 25.4. The summed E-state index contributed by atoms with van der Waals surface area (Å²) in [6.45, 7) is 3.12. The summed E-state index contributed by atoms with van der Waals surface area (Å²) in [6, 6.07) is 9.76. The lowest BCUT2D eigenvalue weighted by molar-refractivity contribution is -0.227. The molecule has 1 aromatic carbocycles. The highest BCUT2D eigenvalue weighted by atomic mass is 32.2. The van der Waals surface area contributed by atoms with Crippen LogP contribution >= 0.6 is 0 Å². The molecular formula is C16H24O6S. The molecule has 1 aliphatic heterocycles. The van der Waals surface area contributed by atoms with Gasteiger partial charge in [0.1, 0.15) is 12.2 Å². The van der Waals surface area contributed by atoms with E-state index in [-0.39, 0.29) is 12.9 Å². The first-order valence-electron chi connectivity index (χ1n) is 7.75. The van der Waals surface area contributed by atoms with Gasteiger partial charge in [-0.05, 0) is 18.9 Å². The van der Waals surface area contributed by atoms with E-state index in [9.17, 15) is 8.42 Å². The Morgan fingerprint density at radius 2 is 1.96 bits per heavy atom. The maximum Gasteiger partial charge on any atom is 0.264 e. The van der Waals surface area contributed by atoms with Crippen LogP contribution in [0.5, 0.6) is 0 Å². The van der Waals surface area contributed by atoms with Gasteiger partial charge in [0.05, 0.1) is 19.5 Å². The topological polar surface area (TPSA) is 71.1 Å². The van der Waals surface area contributed by atoms with E-state index < -0.39 is 22.3 Å². The summed E-state index contributed by atoms with van der Waals surface area (Å²) < 4.78 is 44.9. The third-order valence-electron chi connectivity index (χ3n) is 3.47. The fourth-order valence-corrected chi connectivity index (χ4v) is 3.16. The van der Waals surface area contributed by atoms with Gasteiger partial charge < -0.3 is 14.2 Å². The molecule has 0 amide bonds. The molecule has 1 fully saturated rings. The van der Waals surface area contributed by atoms with E-state index in [0.717, 1.165) is 11.8 Å². The van der Waals surface area contributed by atoms with Crippen LogP contribution in [-0.4, -0.2) is 46.4 Å². The van der Waals surface area contributed by atoms with Crippen LogP contribution in [0.1, 0.15) is 25.3 Å². The lowest BCUT2D eigenvalue weighted by atomic mass is 10.1. The van der Waals surface area contributed by atoms with Gasteiger partial charge in [0.15, 0.2) is 6.29 Å². The molecule has 6 nitrogen and oxygen atoms in total. The Bertz CT molecular complexity index is 559. The molecule has 1 aromatic rings. The van der Waals surface area contributed by atoms with Crippen molar-refractivity contribution in [2.24, 2.45) is 0 Å². The first-order chi connectivity index (χ1) is 11.0. The fraction of sp³-hybridized carbons (Fsp3) is 0.625. The Hall–Kier alpha value is -0.990. The van der Waals surface area contributed by atoms with Gasteiger partial charge in [0, 0.05) is 13.0 Å². The second-order valence-corrected chi connectivity index (χ2v) is 7.08. The minimum atomic E-state index is -3.54. The first kappa shape index (κ1) is 18.4. The van der Waals surface area contributed by atoms with Crippen molar-refractivity contribution in [3.05, 3.63) is 35.9 Å². The molecule has 0 unspecified atom stereocenters. The zero-order chi connectivity index (χ0) is 16.7. The van der Waals surface area contributed by atoms with E-state index in [1.807, 2.05) is 37.3 Å². The Balaban J connectivity index is 1.91.